The molecule has 0 spiro atoms. The van der Waals surface area contributed by atoms with Crippen LogP contribution in [0, 0.1) is 0 Å². The van der Waals surface area contributed by atoms with E-state index in [1.54, 1.807) is 37.3 Å². The van der Waals surface area contributed by atoms with Crippen LogP contribution >= 0.6 is 0 Å². The number of Topliss-reactive ketones (excluding diaryl/α,β-unsaturated/α-hetero) is 1. The Kier molecular flexibility index (Phi) is 4.34. The smallest absolute Gasteiger partial charge is 0.240 e. The van der Waals surface area contributed by atoms with Gasteiger partial charge in [0.05, 0.1) is 11.4 Å². The number of ketones is 1. The maximum atomic E-state index is 12.1. The highest BCUT2D eigenvalue weighted by molar-refractivity contribution is 7.89. The molecule has 0 aliphatic carbocycles. The van der Waals surface area contributed by atoms with Gasteiger partial charge in [0.25, 0.3) is 0 Å². The first-order valence-electron chi connectivity index (χ1n) is 6.26. The molecule has 1 aliphatic heterocycles. The van der Waals surface area contributed by atoms with E-state index >= 15 is 0 Å². The molecule has 5 nitrogen and oxygen atoms in total. The maximum Gasteiger partial charge on any atom is 0.240 e. The van der Waals surface area contributed by atoms with Crippen molar-refractivity contribution in [3.05, 3.63) is 30.3 Å². The minimum Gasteiger partial charge on any atom is -0.299 e. The molecule has 1 aromatic carbocycles. The molecule has 1 atom stereocenters. The Morgan fingerprint density at radius 2 is 2.05 bits per heavy atom. The Labute approximate surface area is 113 Å². The highest BCUT2D eigenvalue weighted by Crippen LogP contribution is 2.13. The van der Waals surface area contributed by atoms with Gasteiger partial charge in [0.1, 0.15) is 5.78 Å². The molecule has 2 rings (SSSR count). The minimum atomic E-state index is -3.46. The van der Waals surface area contributed by atoms with Crippen molar-refractivity contribution >= 4 is 15.8 Å². The lowest BCUT2D eigenvalue weighted by atomic mass is 10.3. The summed E-state index contributed by atoms with van der Waals surface area (Å²) in [5.41, 5.74) is 0. The van der Waals surface area contributed by atoms with E-state index in [9.17, 15) is 13.2 Å². The number of rotatable bonds is 5. The predicted octanol–water partition coefficient (Wildman–Crippen LogP) is 0.628. The molecule has 6 heteroatoms. The molecule has 104 valence electrons. The zero-order chi connectivity index (χ0) is 13.9. The van der Waals surface area contributed by atoms with E-state index in [0.717, 1.165) is 13.0 Å². The first-order chi connectivity index (χ1) is 8.97. The normalized spacial score (nSPS) is 20.6. The van der Waals surface area contributed by atoms with E-state index in [1.807, 2.05) is 4.90 Å². The van der Waals surface area contributed by atoms with Gasteiger partial charge >= 0.3 is 0 Å². The Morgan fingerprint density at radius 1 is 1.37 bits per heavy atom. The maximum absolute atomic E-state index is 12.1. The van der Waals surface area contributed by atoms with Crippen molar-refractivity contribution in [2.45, 2.75) is 24.3 Å². The van der Waals surface area contributed by atoms with E-state index in [2.05, 4.69) is 4.72 Å². The second kappa shape index (κ2) is 5.81. The average Bonchev–Trinajstić information content (AvgIpc) is 2.76. The van der Waals surface area contributed by atoms with E-state index in [4.69, 9.17) is 0 Å². The number of nitrogens with zero attached hydrogens (tertiary/aromatic N) is 1. The lowest BCUT2D eigenvalue weighted by molar-refractivity contribution is -0.117. The van der Waals surface area contributed by atoms with Crippen LogP contribution in [0.4, 0.5) is 0 Å². The molecule has 1 aromatic rings. The van der Waals surface area contributed by atoms with E-state index in [1.165, 1.54) is 0 Å². The molecule has 0 radical (unpaired) electrons. The standard InChI is InChI=1S/C13H18N2O3S/c1-11(16)9-15-8-7-12(10-15)14-19(17,18)13-5-3-2-4-6-13/h2-6,12,14H,7-10H2,1H3. The molecule has 0 bridgehead atoms. The fourth-order valence-electron chi connectivity index (χ4n) is 2.27. The number of benzene rings is 1. The molecule has 0 amide bonds. The van der Waals surface area contributed by atoms with Crippen LogP contribution in [0.5, 0.6) is 0 Å². The molecule has 0 saturated carbocycles. The molecule has 19 heavy (non-hydrogen) atoms. The summed E-state index contributed by atoms with van der Waals surface area (Å²) in [4.78, 5) is 13.3. The van der Waals surface area contributed by atoms with Crippen LogP contribution in [0.3, 0.4) is 0 Å². The van der Waals surface area contributed by atoms with E-state index in [-0.39, 0.29) is 16.7 Å². The van der Waals surface area contributed by atoms with Crippen molar-refractivity contribution in [1.29, 1.82) is 0 Å². The molecule has 1 saturated heterocycles. The van der Waals surface area contributed by atoms with Crippen LogP contribution in [0.1, 0.15) is 13.3 Å². The van der Waals surface area contributed by atoms with Crippen LogP contribution in [0.25, 0.3) is 0 Å². The van der Waals surface area contributed by atoms with Gasteiger partial charge in [-0.1, -0.05) is 18.2 Å². The van der Waals surface area contributed by atoms with Crippen molar-refractivity contribution in [1.82, 2.24) is 9.62 Å². The molecule has 1 heterocycles. The van der Waals surface area contributed by atoms with E-state index in [0.29, 0.717) is 13.1 Å². The highest BCUT2D eigenvalue weighted by atomic mass is 32.2. The van der Waals surface area contributed by atoms with Crippen LogP contribution in [0.15, 0.2) is 35.2 Å². The van der Waals surface area contributed by atoms with Crippen molar-refractivity contribution < 1.29 is 13.2 Å². The largest absolute Gasteiger partial charge is 0.299 e. The monoisotopic (exact) mass is 282 g/mol. The zero-order valence-corrected chi connectivity index (χ0v) is 11.7. The number of nitrogens with one attached hydrogen (secondary N) is 1. The van der Waals surface area contributed by atoms with Gasteiger partial charge in [0, 0.05) is 19.1 Å². The SMILES string of the molecule is CC(=O)CN1CCC(NS(=O)(=O)c2ccccc2)C1. The highest BCUT2D eigenvalue weighted by Gasteiger charge is 2.27. The lowest BCUT2D eigenvalue weighted by Gasteiger charge is -2.15. The van der Waals surface area contributed by atoms with Crippen molar-refractivity contribution in [3.8, 4) is 0 Å². The van der Waals surface area contributed by atoms with Crippen LogP contribution < -0.4 is 4.72 Å². The minimum absolute atomic E-state index is 0.103. The summed E-state index contributed by atoms with van der Waals surface area (Å²) >= 11 is 0. The molecule has 1 unspecified atom stereocenters. The third-order valence-corrected chi connectivity index (χ3v) is 4.63. The third-order valence-electron chi connectivity index (χ3n) is 3.09. The van der Waals surface area contributed by atoms with Crippen LogP contribution in [0.2, 0.25) is 0 Å². The van der Waals surface area contributed by atoms with Crippen molar-refractivity contribution in [2.24, 2.45) is 0 Å². The van der Waals surface area contributed by atoms with Crippen LogP contribution in [-0.2, 0) is 14.8 Å². The quantitative estimate of drug-likeness (QED) is 0.860. The third kappa shape index (κ3) is 3.86. The van der Waals surface area contributed by atoms with Gasteiger partial charge in [-0.3, -0.25) is 9.69 Å². The van der Waals surface area contributed by atoms with E-state index < -0.39 is 10.0 Å². The first-order valence-corrected chi connectivity index (χ1v) is 7.75. The number of carbonyl (C=O) groups excluding carboxylic acids is 1. The Morgan fingerprint density at radius 3 is 2.68 bits per heavy atom. The van der Waals surface area contributed by atoms with Crippen molar-refractivity contribution in [2.75, 3.05) is 19.6 Å². The summed E-state index contributed by atoms with van der Waals surface area (Å²) in [5, 5.41) is 0. The second-order valence-corrected chi connectivity index (χ2v) is 6.57. The lowest BCUT2D eigenvalue weighted by Crippen LogP contribution is -2.37. The van der Waals surface area contributed by atoms with Gasteiger partial charge in [-0.15, -0.1) is 0 Å². The molecule has 1 fully saturated rings. The summed E-state index contributed by atoms with van der Waals surface area (Å²) in [6.07, 6.45) is 0.735. The van der Waals surface area contributed by atoms with Gasteiger partial charge in [-0.25, -0.2) is 13.1 Å². The number of likely N-dealkylation sites (tertiary alicyclic amines) is 1. The summed E-state index contributed by atoms with van der Waals surface area (Å²) in [7, 11) is -3.46. The van der Waals surface area contributed by atoms with Gasteiger partial charge in [0.2, 0.25) is 10.0 Å². The summed E-state index contributed by atoms with van der Waals surface area (Å²) in [6.45, 7) is 3.28. The fourth-order valence-corrected chi connectivity index (χ4v) is 3.56. The van der Waals surface area contributed by atoms with Gasteiger partial charge in [0.15, 0.2) is 0 Å². The van der Waals surface area contributed by atoms with Gasteiger partial charge < -0.3 is 0 Å². The van der Waals surface area contributed by atoms with Gasteiger partial charge in [-0.05, 0) is 25.5 Å². The second-order valence-electron chi connectivity index (χ2n) is 4.86. The molecule has 1 aliphatic rings. The summed E-state index contributed by atoms with van der Waals surface area (Å²) in [6, 6.07) is 8.21. The Bertz CT molecular complexity index is 542. The predicted molar refractivity (Wildman–Crippen MR) is 72.3 cm³/mol. The number of sulfonamides is 1. The Balaban J connectivity index is 1.97. The fraction of sp³-hybridized carbons (Fsp3) is 0.462. The van der Waals surface area contributed by atoms with Gasteiger partial charge in [-0.2, -0.15) is 0 Å². The first kappa shape index (κ1) is 14.2. The molecular weight excluding hydrogens is 264 g/mol. The number of hydrogen-bond acceptors (Lipinski definition) is 4. The zero-order valence-electron chi connectivity index (χ0n) is 10.9. The Hall–Kier alpha value is -1.24. The molecule has 1 N–H and O–H groups in total. The average molecular weight is 282 g/mol. The molecule has 0 aromatic heterocycles. The van der Waals surface area contributed by atoms with Crippen LogP contribution in [-0.4, -0.2) is 44.8 Å². The number of carbonyl (C=O) groups is 1. The topological polar surface area (TPSA) is 66.5 Å². The summed E-state index contributed by atoms with van der Waals surface area (Å²) < 4.78 is 26.9. The molecular formula is C13H18N2O3S. The summed E-state index contributed by atoms with van der Waals surface area (Å²) in [5.74, 6) is 0.103. The number of hydrogen-bond donors (Lipinski definition) is 1. The van der Waals surface area contributed by atoms with Crippen molar-refractivity contribution in [3.63, 3.8) is 0 Å².